The smallest absolute Gasteiger partial charge is 0.271 e. The first-order valence-electron chi connectivity index (χ1n) is 9.20. The standard InChI is InChI=1S/C20H25N3O5S2/c1-15-4-7-17(8-5-15)14-29-11-10-21-20(24)13-22(30(3,27)28)19-12-18(23(25)26)9-6-16(19)2/h4-9,12H,10-11,13-14H2,1-3H3,(H,21,24). The monoisotopic (exact) mass is 451 g/mol. The highest BCUT2D eigenvalue weighted by atomic mass is 32.2. The molecule has 2 rings (SSSR count). The van der Waals surface area contributed by atoms with Gasteiger partial charge in [0.05, 0.1) is 16.9 Å². The summed E-state index contributed by atoms with van der Waals surface area (Å²) in [6, 6.07) is 12.1. The SMILES string of the molecule is Cc1ccc(CSCCNC(=O)CN(c2cc([N+](=O)[O-])ccc2C)S(C)(=O)=O)cc1. The van der Waals surface area contributed by atoms with E-state index in [1.165, 1.54) is 29.3 Å². The lowest BCUT2D eigenvalue weighted by Gasteiger charge is -2.23. The van der Waals surface area contributed by atoms with Crippen LogP contribution in [0.2, 0.25) is 0 Å². The van der Waals surface area contributed by atoms with Crippen LogP contribution in [0.25, 0.3) is 0 Å². The lowest BCUT2D eigenvalue weighted by atomic mass is 10.2. The van der Waals surface area contributed by atoms with Crippen LogP contribution in [-0.2, 0) is 20.6 Å². The van der Waals surface area contributed by atoms with Gasteiger partial charge in [-0.1, -0.05) is 35.9 Å². The van der Waals surface area contributed by atoms with Gasteiger partial charge < -0.3 is 5.32 Å². The first kappa shape index (κ1) is 23.7. The Balaban J connectivity index is 1.94. The highest BCUT2D eigenvalue weighted by Gasteiger charge is 2.24. The second kappa shape index (κ2) is 10.4. The Hall–Kier alpha value is -2.59. The number of nitro benzene ring substituents is 1. The zero-order chi connectivity index (χ0) is 22.3. The zero-order valence-corrected chi connectivity index (χ0v) is 18.8. The molecule has 8 nitrogen and oxygen atoms in total. The summed E-state index contributed by atoms with van der Waals surface area (Å²) in [5, 5.41) is 13.7. The van der Waals surface area contributed by atoms with Crippen molar-refractivity contribution in [3.63, 3.8) is 0 Å². The number of rotatable bonds is 10. The number of thioether (sulfide) groups is 1. The van der Waals surface area contributed by atoms with E-state index in [-0.39, 0.29) is 11.4 Å². The van der Waals surface area contributed by atoms with E-state index in [9.17, 15) is 23.3 Å². The summed E-state index contributed by atoms with van der Waals surface area (Å²) >= 11 is 1.66. The quantitative estimate of drug-likeness (QED) is 0.338. The van der Waals surface area contributed by atoms with Gasteiger partial charge >= 0.3 is 0 Å². The fourth-order valence-corrected chi connectivity index (χ4v) is 4.41. The molecule has 0 atom stereocenters. The minimum Gasteiger partial charge on any atom is -0.354 e. The topological polar surface area (TPSA) is 110 Å². The Labute approximate surface area is 180 Å². The molecule has 0 spiro atoms. The first-order valence-corrected chi connectivity index (χ1v) is 12.2. The van der Waals surface area contributed by atoms with E-state index < -0.39 is 27.4 Å². The maximum absolute atomic E-state index is 12.3. The molecule has 162 valence electrons. The second-order valence-corrected chi connectivity index (χ2v) is 9.90. The molecule has 1 N–H and O–H groups in total. The number of nitro groups is 1. The Kier molecular flexibility index (Phi) is 8.24. The fraction of sp³-hybridized carbons (Fsp3) is 0.350. The summed E-state index contributed by atoms with van der Waals surface area (Å²) in [6.07, 6.45) is 0.968. The molecule has 0 unspecified atom stereocenters. The normalized spacial score (nSPS) is 11.2. The average molecular weight is 452 g/mol. The summed E-state index contributed by atoms with van der Waals surface area (Å²) < 4.78 is 25.4. The molecule has 2 aromatic rings. The van der Waals surface area contributed by atoms with E-state index in [4.69, 9.17) is 0 Å². The molecule has 0 aromatic heterocycles. The molecule has 0 fully saturated rings. The van der Waals surface area contributed by atoms with Crippen LogP contribution in [0, 0.1) is 24.0 Å². The highest BCUT2D eigenvalue weighted by Crippen LogP contribution is 2.27. The molecule has 0 saturated heterocycles. The third-order valence-corrected chi connectivity index (χ3v) is 6.47. The van der Waals surface area contributed by atoms with Crippen molar-refractivity contribution in [2.45, 2.75) is 19.6 Å². The van der Waals surface area contributed by atoms with Gasteiger partial charge in [0, 0.05) is 30.2 Å². The fourth-order valence-electron chi connectivity index (χ4n) is 2.68. The van der Waals surface area contributed by atoms with Gasteiger partial charge in [0.1, 0.15) is 6.54 Å². The van der Waals surface area contributed by atoms with Crippen LogP contribution in [0.4, 0.5) is 11.4 Å². The number of aryl methyl sites for hydroxylation is 2. The number of carbonyl (C=O) groups excluding carboxylic acids is 1. The second-order valence-electron chi connectivity index (χ2n) is 6.89. The Morgan fingerprint density at radius 1 is 1.17 bits per heavy atom. The highest BCUT2D eigenvalue weighted by molar-refractivity contribution is 7.98. The maximum atomic E-state index is 12.3. The molecule has 30 heavy (non-hydrogen) atoms. The molecular weight excluding hydrogens is 426 g/mol. The largest absolute Gasteiger partial charge is 0.354 e. The first-order chi connectivity index (χ1) is 14.1. The molecule has 0 saturated carbocycles. The summed E-state index contributed by atoms with van der Waals surface area (Å²) in [5.41, 5.74) is 2.80. The number of amides is 1. The number of sulfonamides is 1. The number of benzene rings is 2. The van der Waals surface area contributed by atoms with Gasteiger partial charge in [0.25, 0.3) is 5.69 Å². The summed E-state index contributed by atoms with van der Waals surface area (Å²) in [7, 11) is -3.81. The van der Waals surface area contributed by atoms with Crippen molar-refractivity contribution in [1.29, 1.82) is 0 Å². The van der Waals surface area contributed by atoms with Crippen LogP contribution >= 0.6 is 11.8 Å². The average Bonchev–Trinajstić information content (AvgIpc) is 2.67. The molecule has 0 aliphatic heterocycles. The van der Waals surface area contributed by atoms with Crippen LogP contribution in [0.5, 0.6) is 0 Å². The van der Waals surface area contributed by atoms with E-state index in [1.54, 1.807) is 18.7 Å². The molecule has 0 aliphatic carbocycles. The lowest BCUT2D eigenvalue weighted by Crippen LogP contribution is -2.41. The Bertz CT molecular complexity index is 1010. The minimum atomic E-state index is -3.81. The number of nitrogens with zero attached hydrogens (tertiary/aromatic N) is 2. The van der Waals surface area contributed by atoms with Gasteiger partial charge in [-0.05, 0) is 25.0 Å². The van der Waals surface area contributed by atoms with Gasteiger partial charge in [0.2, 0.25) is 15.9 Å². The Morgan fingerprint density at radius 2 is 1.83 bits per heavy atom. The van der Waals surface area contributed by atoms with Crippen molar-refractivity contribution in [2.24, 2.45) is 0 Å². The predicted molar refractivity (Wildman–Crippen MR) is 120 cm³/mol. The molecule has 0 bridgehead atoms. The van der Waals surface area contributed by atoms with Crippen molar-refractivity contribution in [3.8, 4) is 0 Å². The van der Waals surface area contributed by atoms with Crippen molar-refractivity contribution >= 4 is 39.1 Å². The molecule has 2 aromatic carbocycles. The van der Waals surface area contributed by atoms with Crippen LogP contribution in [0.15, 0.2) is 42.5 Å². The molecule has 0 radical (unpaired) electrons. The van der Waals surface area contributed by atoms with Crippen LogP contribution < -0.4 is 9.62 Å². The third-order valence-electron chi connectivity index (χ3n) is 4.32. The molecular formula is C20H25N3O5S2. The van der Waals surface area contributed by atoms with E-state index in [0.717, 1.165) is 16.3 Å². The number of non-ortho nitro benzene ring substituents is 1. The Morgan fingerprint density at radius 3 is 2.43 bits per heavy atom. The summed E-state index contributed by atoms with van der Waals surface area (Å²) in [5.74, 6) is 1.02. The zero-order valence-electron chi connectivity index (χ0n) is 17.1. The van der Waals surface area contributed by atoms with Crippen molar-refractivity contribution in [3.05, 3.63) is 69.3 Å². The molecule has 10 heteroatoms. The van der Waals surface area contributed by atoms with Crippen molar-refractivity contribution < 1.29 is 18.1 Å². The van der Waals surface area contributed by atoms with Gasteiger partial charge in [-0.2, -0.15) is 11.8 Å². The van der Waals surface area contributed by atoms with Gasteiger partial charge in [0.15, 0.2) is 0 Å². The lowest BCUT2D eigenvalue weighted by molar-refractivity contribution is -0.384. The van der Waals surface area contributed by atoms with E-state index in [1.807, 2.05) is 19.1 Å². The van der Waals surface area contributed by atoms with Crippen LogP contribution in [-0.4, -0.2) is 44.3 Å². The summed E-state index contributed by atoms with van der Waals surface area (Å²) in [4.78, 5) is 22.7. The number of carbonyl (C=O) groups is 1. The maximum Gasteiger partial charge on any atom is 0.271 e. The van der Waals surface area contributed by atoms with Gasteiger partial charge in [-0.3, -0.25) is 19.2 Å². The number of hydrogen-bond acceptors (Lipinski definition) is 6. The molecule has 0 aliphatic rings. The molecule has 1 amide bonds. The van der Waals surface area contributed by atoms with Crippen LogP contribution in [0.1, 0.15) is 16.7 Å². The summed E-state index contributed by atoms with van der Waals surface area (Å²) in [6.45, 7) is 3.61. The van der Waals surface area contributed by atoms with Crippen molar-refractivity contribution in [2.75, 3.05) is 29.4 Å². The number of hydrogen-bond donors (Lipinski definition) is 1. The van der Waals surface area contributed by atoms with E-state index in [0.29, 0.717) is 17.9 Å². The number of nitrogens with one attached hydrogen (secondary N) is 1. The third kappa shape index (κ3) is 7.03. The minimum absolute atomic E-state index is 0.121. The van der Waals surface area contributed by atoms with Gasteiger partial charge in [-0.25, -0.2) is 8.42 Å². The predicted octanol–water partition coefficient (Wildman–Crippen LogP) is 3.03. The van der Waals surface area contributed by atoms with E-state index in [2.05, 4.69) is 17.4 Å². The number of anilines is 1. The van der Waals surface area contributed by atoms with Gasteiger partial charge in [-0.15, -0.1) is 0 Å². The van der Waals surface area contributed by atoms with E-state index >= 15 is 0 Å². The van der Waals surface area contributed by atoms with Crippen LogP contribution in [0.3, 0.4) is 0 Å². The van der Waals surface area contributed by atoms with Crippen molar-refractivity contribution in [1.82, 2.24) is 5.32 Å². The molecule has 0 heterocycles.